The average Bonchev–Trinajstić information content (AvgIpc) is 3.67. The van der Waals surface area contributed by atoms with Gasteiger partial charge in [-0.15, -0.1) is 0 Å². The zero-order valence-corrected chi connectivity index (χ0v) is 28.3. The number of nitrogens with zero attached hydrogens (tertiary/aromatic N) is 1. The molecule has 0 aromatic heterocycles. The van der Waals surface area contributed by atoms with E-state index in [0.29, 0.717) is 24.3 Å². The molecular weight excluding hydrogens is 677 g/mol. The van der Waals surface area contributed by atoms with Crippen molar-refractivity contribution in [3.63, 3.8) is 0 Å². The van der Waals surface area contributed by atoms with Crippen molar-refractivity contribution in [1.82, 2.24) is 10.2 Å². The van der Waals surface area contributed by atoms with E-state index in [-0.39, 0.29) is 35.7 Å². The highest BCUT2D eigenvalue weighted by Gasteiger charge is 2.28. The smallest absolute Gasteiger partial charge is 0.295 e. The van der Waals surface area contributed by atoms with Crippen LogP contribution in [0, 0.1) is 0 Å². The summed E-state index contributed by atoms with van der Waals surface area (Å²) in [6.45, 7) is 2.89. The molecule has 2 heterocycles. The summed E-state index contributed by atoms with van der Waals surface area (Å²) in [5, 5.41) is 3.52. The second-order valence-corrected chi connectivity index (χ2v) is 14.1. The Balaban J connectivity index is 0.000000221. The predicted molar refractivity (Wildman–Crippen MR) is 179 cm³/mol. The Morgan fingerprint density at radius 2 is 1.43 bits per heavy atom. The molecule has 0 atom stereocenters. The fourth-order valence-corrected chi connectivity index (χ4v) is 7.04. The number of hydrogen-bond donors (Lipinski definition) is 3. The fraction of sp³-hybridized carbons (Fsp3) is 0.294. The Labute approximate surface area is 284 Å². The normalized spacial score (nSPS) is 14.3. The minimum absolute atomic E-state index is 0.0233. The van der Waals surface area contributed by atoms with Gasteiger partial charge in [-0.1, -0.05) is 42.5 Å². The highest BCUT2D eigenvalue weighted by atomic mass is 32.2. The number of imide groups is 1. The molecule has 1 saturated heterocycles. The van der Waals surface area contributed by atoms with Gasteiger partial charge in [-0.05, 0) is 60.0 Å². The lowest BCUT2D eigenvalue weighted by Gasteiger charge is -2.16. The molecule has 1 fully saturated rings. The molecule has 0 saturated carbocycles. The monoisotopic (exact) mass is 712 g/mol. The van der Waals surface area contributed by atoms with Crippen molar-refractivity contribution in [2.75, 3.05) is 33.4 Å². The Bertz CT molecular complexity index is 2000. The lowest BCUT2D eigenvalue weighted by molar-refractivity contribution is -0.138. The Kier molecular flexibility index (Phi) is 11.2. The van der Waals surface area contributed by atoms with Crippen molar-refractivity contribution in [3.05, 3.63) is 89.5 Å². The van der Waals surface area contributed by atoms with Crippen molar-refractivity contribution in [2.24, 2.45) is 0 Å². The van der Waals surface area contributed by atoms with Crippen molar-refractivity contribution < 1.29 is 49.7 Å². The number of ether oxygens (including phenoxy) is 3. The van der Waals surface area contributed by atoms with Gasteiger partial charge >= 0.3 is 0 Å². The van der Waals surface area contributed by atoms with E-state index in [0.717, 1.165) is 56.0 Å². The first-order chi connectivity index (χ1) is 23.3. The second-order valence-electron chi connectivity index (χ2n) is 11.3. The largest absolute Gasteiger partial charge is 0.493 e. The molecule has 6 rings (SSSR count). The molecule has 0 unspecified atom stereocenters. The summed E-state index contributed by atoms with van der Waals surface area (Å²) in [5.41, 5.74) is 3.71. The molecule has 0 radical (unpaired) electrons. The third kappa shape index (κ3) is 8.93. The number of methoxy groups -OCH3 is 1. The first-order valence-corrected chi connectivity index (χ1v) is 18.3. The molecule has 13 nitrogen and oxygen atoms in total. The Hall–Kier alpha value is -4.54. The third-order valence-electron chi connectivity index (χ3n) is 8.03. The molecule has 0 aliphatic carbocycles. The van der Waals surface area contributed by atoms with Gasteiger partial charge in [-0.2, -0.15) is 16.8 Å². The SMILES string of the molecule is COc1cc(CNCCc2ccc3c(c2)CCO3)ccc1OCCN1C(=O)CCC1=O.O=S(=O)(O)c1cccc2c(S(=O)(=O)O)cccc12. The molecule has 3 N–H and O–H groups in total. The lowest BCUT2D eigenvalue weighted by Crippen LogP contribution is -2.33. The summed E-state index contributed by atoms with van der Waals surface area (Å²) in [6.07, 6.45) is 2.55. The topological polar surface area (TPSA) is 186 Å². The van der Waals surface area contributed by atoms with Crippen LogP contribution in [-0.2, 0) is 49.2 Å². The number of benzene rings is 4. The number of nitrogens with one attached hydrogen (secondary N) is 1. The fourth-order valence-electron chi connectivity index (χ4n) is 5.62. The third-order valence-corrected chi connectivity index (χ3v) is 9.85. The maximum Gasteiger partial charge on any atom is 0.295 e. The number of carbonyl (C=O) groups is 2. The molecule has 260 valence electrons. The van der Waals surface area contributed by atoms with Crippen molar-refractivity contribution in [2.45, 2.75) is 42.0 Å². The molecule has 2 amide bonds. The molecule has 4 aromatic carbocycles. The highest BCUT2D eigenvalue weighted by molar-refractivity contribution is 7.86. The summed E-state index contributed by atoms with van der Waals surface area (Å²) in [7, 11) is -7.33. The van der Waals surface area contributed by atoms with Crippen LogP contribution in [0.15, 0.2) is 82.6 Å². The summed E-state index contributed by atoms with van der Waals surface area (Å²) in [4.78, 5) is 23.8. The molecule has 2 aliphatic rings. The van der Waals surface area contributed by atoms with Gasteiger partial charge in [0.05, 0.1) is 20.3 Å². The number of rotatable bonds is 12. The van der Waals surface area contributed by atoms with Crippen molar-refractivity contribution in [1.29, 1.82) is 0 Å². The van der Waals surface area contributed by atoms with E-state index in [1.807, 2.05) is 18.2 Å². The molecule has 2 aliphatic heterocycles. The average molecular weight is 713 g/mol. The van der Waals surface area contributed by atoms with E-state index in [2.05, 4.69) is 23.5 Å². The zero-order valence-electron chi connectivity index (χ0n) is 26.6. The van der Waals surface area contributed by atoms with Gasteiger partial charge in [-0.25, -0.2) is 0 Å². The van der Waals surface area contributed by atoms with Crippen molar-refractivity contribution >= 4 is 42.8 Å². The maximum absolute atomic E-state index is 11.7. The molecule has 0 spiro atoms. The van der Waals surface area contributed by atoms with Gasteiger partial charge in [0.2, 0.25) is 11.8 Å². The second kappa shape index (κ2) is 15.3. The van der Waals surface area contributed by atoms with E-state index >= 15 is 0 Å². The number of amides is 2. The first-order valence-electron chi connectivity index (χ1n) is 15.4. The summed E-state index contributed by atoms with van der Waals surface area (Å²) in [5.74, 6) is 2.00. The maximum atomic E-state index is 11.7. The summed E-state index contributed by atoms with van der Waals surface area (Å²) >= 11 is 0. The number of fused-ring (bicyclic) bond motifs is 2. The molecule has 49 heavy (non-hydrogen) atoms. The Morgan fingerprint density at radius 3 is 2.04 bits per heavy atom. The molecule has 15 heteroatoms. The van der Waals surface area contributed by atoms with Gasteiger partial charge in [0, 0.05) is 36.6 Å². The number of hydrogen-bond acceptors (Lipinski definition) is 10. The predicted octanol–water partition coefficient (Wildman–Crippen LogP) is 3.82. The van der Waals surface area contributed by atoms with E-state index in [1.165, 1.54) is 40.3 Å². The molecule has 0 bridgehead atoms. The first kappa shape index (κ1) is 35.8. The van der Waals surface area contributed by atoms with Crippen molar-refractivity contribution in [3.8, 4) is 17.2 Å². The van der Waals surface area contributed by atoms with Crippen LogP contribution in [0.25, 0.3) is 10.8 Å². The standard InChI is InChI=1S/C24H28N2O5.C10H8O6S2/c1-29-22-15-18(3-5-21(22)31-13-11-26-23(27)6-7-24(26)28)16-25-10-8-17-2-4-20-19(14-17)9-12-30-20;11-17(12,13)9-5-1-3-7-8(9)4-2-6-10(7)18(14,15)16/h2-5,14-15,25H,6-13,16H2,1H3;1-6H,(H,11,12,13)(H,14,15,16). The summed E-state index contributed by atoms with van der Waals surface area (Å²) < 4.78 is 79.5. The highest BCUT2D eigenvalue weighted by Crippen LogP contribution is 2.30. The van der Waals surface area contributed by atoms with Crippen LogP contribution in [0.2, 0.25) is 0 Å². The van der Waals surface area contributed by atoms with Crippen LogP contribution in [0.1, 0.15) is 29.5 Å². The Morgan fingerprint density at radius 1 is 0.796 bits per heavy atom. The van der Waals surface area contributed by atoms with E-state index in [1.54, 1.807) is 7.11 Å². The van der Waals surface area contributed by atoms with E-state index < -0.39 is 30.0 Å². The minimum atomic E-state index is -4.47. The van der Waals surface area contributed by atoms with Crippen LogP contribution in [0.3, 0.4) is 0 Å². The van der Waals surface area contributed by atoms with Crippen LogP contribution >= 0.6 is 0 Å². The lowest BCUT2D eigenvalue weighted by atomic mass is 10.1. The van der Waals surface area contributed by atoms with Gasteiger partial charge in [-0.3, -0.25) is 23.6 Å². The van der Waals surface area contributed by atoms with Gasteiger partial charge in [0.25, 0.3) is 20.2 Å². The van der Waals surface area contributed by atoms with Gasteiger partial charge in [0.1, 0.15) is 22.1 Å². The van der Waals surface area contributed by atoms with E-state index in [4.69, 9.17) is 23.3 Å². The minimum Gasteiger partial charge on any atom is -0.493 e. The molecular formula is C34H36N2O11S2. The quantitative estimate of drug-likeness (QED) is 0.110. The number of likely N-dealkylation sites (tertiary alicyclic amines) is 1. The van der Waals surface area contributed by atoms with Crippen LogP contribution < -0.4 is 19.5 Å². The summed E-state index contributed by atoms with van der Waals surface area (Å²) in [6, 6.07) is 19.8. The zero-order chi connectivity index (χ0) is 35.2. The van der Waals surface area contributed by atoms with Gasteiger partial charge in [0.15, 0.2) is 11.5 Å². The van der Waals surface area contributed by atoms with Gasteiger partial charge < -0.3 is 19.5 Å². The van der Waals surface area contributed by atoms with Crippen LogP contribution in [0.5, 0.6) is 17.2 Å². The van der Waals surface area contributed by atoms with Crippen LogP contribution in [0.4, 0.5) is 0 Å². The van der Waals surface area contributed by atoms with E-state index in [9.17, 15) is 26.4 Å². The van der Waals surface area contributed by atoms with Crippen LogP contribution in [-0.4, -0.2) is 76.1 Å². The number of carbonyl (C=O) groups excluding carboxylic acids is 2. The molecule has 4 aromatic rings.